The van der Waals surface area contributed by atoms with Gasteiger partial charge in [-0.2, -0.15) is 0 Å². The molecule has 122 valence electrons. The molecular formula is C16H19N3O3S. The minimum Gasteiger partial charge on any atom is -0.364 e. The van der Waals surface area contributed by atoms with Crippen LogP contribution in [0.5, 0.6) is 0 Å². The summed E-state index contributed by atoms with van der Waals surface area (Å²) in [6.45, 7) is 3.69. The number of H-pyrrole nitrogens is 1. The molecule has 0 saturated heterocycles. The first-order valence-electron chi connectivity index (χ1n) is 7.43. The number of carbonyl (C=O) groups is 1. The summed E-state index contributed by atoms with van der Waals surface area (Å²) in [4.78, 5) is 16.6. The average molecular weight is 333 g/mol. The van der Waals surface area contributed by atoms with Crippen molar-refractivity contribution >= 4 is 21.6 Å². The summed E-state index contributed by atoms with van der Waals surface area (Å²) in [5.41, 5.74) is 2.48. The molecule has 0 radical (unpaired) electrons. The number of anilines is 1. The Morgan fingerprint density at radius 3 is 2.83 bits per heavy atom. The van der Waals surface area contributed by atoms with E-state index in [1.165, 1.54) is 6.92 Å². The fourth-order valence-corrected chi connectivity index (χ4v) is 4.04. The van der Waals surface area contributed by atoms with Crippen molar-refractivity contribution in [2.24, 2.45) is 0 Å². The lowest BCUT2D eigenvalue weighted by Gasteiger charge is -2.20. The van der Waals surface area contributed by atoms with Crippen LogP contribution in [0.1, 0.15) is 25.1 Å². The molecule has 1 aliphatic rings. The van der Waals surface area contributed by atoms with E-state index in [1.807, 2.05) is 19.1 Å². The third-order valence-electron chi connectivity index (χ3n) is 4.03. The summed E-state index contributed by atoms with van der Waals surface area (Å²) in [7, 11) is -3.59. The number of hydrogen-bond acceptors (Lipinski definition) is 3. The molecule has 1 aromatic carbocycles. The van der Waals surface area contributed by atoms with Crippen molar-refractivity contribution < 1.29 is 13.2 Å². The molecule has 1 aromatic heterocycles. The fourth-order valence-electron chi connectivity index (χ4n) is 2.99. The molecule has 0 aliphatic carbocycles. The number of fused-ring (bicyclic) bond motifs is 1. The van der Waals surface area contributed by atoms with Crippen LogP contribution in [-0.4, -0.2) is 25.4 Å². The van der Waals surface area contributed by atoms with Crippen LogP contribution in [0.3, 0.4) is 0 Å². The number of nitrogens with zero attached hydrogens (tertiary/aromatic N) is 1. The molecule has 2 heterocycles. The topological polar surface area (TPSA) is 82.3 Å². The molecule has 2 aromatic rings. The predicted octanol–water partition coefficient (Wildman–Crippen LogP) is 1.79. The summed E-state index contributed by atoms with van der Waals surface area (Å²) in [5.74, 6) is -0.0308. The molecule has 0 fully saturated rings. The number of rotatable bonds is 4. The quantitative estimate of drug-likeness (QED) is 0.895. The first kappa shape index (κ1) is 15.8. The number of amides is 1. The SMILES string of the molecule is CC(=O)N1c2ccc(S(=O)(=O)NCc3ccc[nH]3)cc2C[C@@H]1C. The molecule has 6 nitrogen and oxygen atoms in total. The molecule has 1 amide bonds. The normalized spacial score (nSPS) is 17.3. The summed E-state index contributed by atoms with van der Waals surface area (Å²) in [6.07, 6.45) is 2.41. The van der Waals surface area contributed by atoms with Crippen LogP contribution >= 0.6 is 0 Å². The first-order valence-corrected chi connectivity index (χ1v) is 8.91. The summed E-state index contributed by atoms with van der Waals surface area (Å²) >= 11 is 0. The molecule has 7 heteroatoms. The second-order valence-corrected chi connectivity index (χ2v) is 7.52. The van der Waals surface area contributed by atoms with E-state index in [9.17, 15) is 13.2 Å². The Morgan fingerprint density at radius 1 is 1.39 bits per heavy atom. The van der Waals surface area contributed by atoms with E-state index in [2.05, 4.69) is 9.71 Å². The number of carbonyl (C=O) groups excluding carboxylic acids is 1. The molecule has 2 N–H and O–H groups in total. The zero-order valence-corrected chi connectivity index (χ0v) is 13.9. The van der Waals surface area contributed by atoms with Crippen molar-refractivity contribution in [3.63, 3.8) is 0 Å². The largest absolute Gasteiger partial charge is 0.364 e. The van der Waals surface area contributed by atoms with Crippen LogP contribution in [-0.2, 0) is 27.8 Å². The number of nitrogens with one attached hydrogen (secondary N) is 2. The van der Waals surface area contributed by atoms with Crippen molar-refractivity contribution in [2.75, 3.05) is 4.90 Å². The van der Waals surface area contributed by atoms with Crippen molar-refractivity contribution in [1.29, 1.82) is 0 Å². The van der Waals surface area contributed by atoms with Crippen molar-refractivity contribution in [3.05, 3.63) is 47.8 Å². The van der Waals surface area contributed by atoms with Gasteiger partial charge in [-0.1, -0.05) is 0 Å². The molecule has 0 spiro atoms. The van der Waals surface area contributed by atoms with Gasteiger partial charge in [0.2, 0.25) is 15.9 Å². The smallest absolute Gasteiger partial charge is 0.240 e. The van der Waals surface area contributed by atoms with E-state index in [0.29, 0.717) is 6.42 Å². The molecule has 3 rings (SSSR count). The Morgan fingerprint density at radius 2 is 2.17 bits per heavy atom. The van der Waals surface area contributed by atoms with Gasteiger partial charge >= 0.3 is 0 Å². The third-order valence-corrected chi connectivity index (χ3v) is 5.43. The Labute approximate surface area is 135 Å². The van der Waals surface area contributed by atoms with Crippen LogP contribution < -0.4 is 9.62 Å². The van der Waals surface area contributed by atoms with E-state index in [-0.39, 0.29) is 23.4 Å². The van der Waals surface area contributed by atoms with E-state index in [0.717, 1.165) is 16.9 Å². The lowest BCUT2D eigenvalue weighted by Crippen LogP contribution is -2.33. The molecule has 0 bridgehead atoms. The monoisotopic (exact) mass is 333 g/mol. The number of sulfonamides is 1. The highest BCUT2D eigenvalue weighted by atomic mass is 32.2. The van der Waals surface area contributed by atoms with Crippen molar-refractivity contribution in [2.45, 2.75) is 37.8 Å². The van der Waals surface area contributed by atoms with Crippen LogP contribution in [0.25, 0.3) is 0 Å². The molecule has 1 aliphatic heterocycles. The highest BCUT2D eigenvalue weighted by Crippen LogP contribution is 2.33. The second kappa shape index (κ2) is 5.82. The van der Waals surface area contributed by atoms with Gasteiger partial charge in [-0.25, -0.2) is 13.1 Å². The highest BCUT2D eigenvalue weighted by molar-refractivity contribution is 7.89. The Bertz CT molecular complexity index is 828. The molecule has 1 atom stereocenters. The zero-order valence-electron chi connectivity index (χ0n) is 13.0. The van der Waals surface area contributed by atoms with Crippen LogP contribution in [0.2, 0.25) is 0 Å². The standard InChI is InChI=1S/C16H19N3O3S/c1-11-8-13-9-15(5-6-16(13)19(11)12(2)20)23(21,22)18-10-14-4-3-7-17-14/h3-7,9,11,17-18H,8,10H2,1-2H3/t11-/m0/s1. The van der Waals surface area contributed by atoms with E-state index < -0.39 is 10.0 Å². The zero-order chi connectivity index (χ0) is 16.6. The Hall–Kier alpha value is -2.12. The van der Waals surface area contributed by atoms with Crippen molar-refractivity contribution in [1.82, 2.24) is 9.71 Å². The van der Waals surface area contributed by atoms with Gasteiger partial charge in [0.05, 0.1) is 11.4 Å². The van der Waals surface area contributed by atoms with E-state index in [4.69, 9.17) is 0 Å². The van der Waals surface area contributed by atoms with Gasteiger partial charge in [0.25, 0.3) is 0 Å². The number of benzene rings is 1. The third kappa shape index (κ3) is 3.02. The minimum absolute atomic E-state index is 0.0308. The molecule has 0 unspecified atom stereocenters. The van der Waals surface area contributed by atoms with Gasteiger partial charge in [-0.3, -0.25) is 4.79 Å². The minimum atomic E-state index is -3.59. The summed E-state index contributed by atoms with van der Waals surface area (Å²) in [6, 6.07) is 8.60. The van der Waals surface area contributed by atoms with Crippen LogP contribution in [0, 0.1) is 0 Å². The summed E-state index contributed by atoms with van der Waals surface area (Å²) in [5, 5.41) is 0. The number of aromatic nitrogens is 1. The van der Waals surface area contributed by atoms with E-state index >= 15 is 0 Å². The maximum Gasteiger partial charge on any atom is 0.240 e. The molecule has 0 saturated carbocycles. The van der Waals surface area contributed by atoms with Crippen LogP contribution in [0.15, 0.2) is 41.4 Å². The van der Waals surface area contributed by atoms with Gasteiger partial charge in [0.1, 0.15) is 0 Å². The Balaban J connectivity index is 1.84. The average Bonchev–Trinajstić information content (AvgIpc) is 3.10. The Kier molecular flexibility index (Phi) is 3.99. The van der Waals surface area contributed by atoms with Gasteiger partial charge < -0.3 is 9.88 Å². The number of aromatic amines is 1. The second-order valence-electron chi connectivity index (χ2n) is 5.75. The molecule has 23 heavy (non-hydrogen) atoms. The maximum atomic E-state index is 12.4. The van der Waals surface area contributed by atoms with Gasteiger partial charge in [0.15, 0.2) is 0 Å². The lowest BCUT2D eigenvalue weighted by atomic mass is 10.1. The maximum absolute atomic E-state index is 12.4. The van der Waals surface area contributed by atoms with Gasteiger partial charge in [-0.15, -0.1) is 0 Å². The number of hydrogen-bond donors (Lipinski definition) is 2. The first-order chi connectivity index (χ1) is 10.9. The predicted molar refractivity (Wildman–Crippen MR) is 87.6 cm³/mol. The van der Waals surface area contributed by atoms with Gasteiger partial charge in [-0.05, 0) is 49.2 Å². The highest BCUT2D eigenvalue weighted by Gasteiger charge is 2.30. The fraction of sp³-hybridized carbons (Fsp3) is 0.312. The molecular weight excluding hydrogens is 314 g/mol. The van der Waals surface area contributed by atoms with Crippen molar-refractivity contribution in [3.8, 4) is 0 Å². The van der Waals surface area contributed by atoms with E-state index in [1.54, 1.807) is 29.3 Å². The van der Waals surface area contributed by atoms with Gasteiger partial charge in [0, 0.05) is 30.5 Å². The summed E-state index contributed by atoms with van der Waals surface area (Å²) < 4.78 is 27.4. The lowest BCUT2D eigenvalue weighted by molar-refractivity contribution is -0.116. The van der Waals surface area contributed by atoms with Crippen LogP contribution in [0.4, 0.5) is 5.69 Å².